The van der Waals surface area contributed by atoms with Crippen molar-refractivity contribution >= 4 is 23.4 Å². The van der Waals surface area contributed by atoms with Crippen molar-refractivity contribution in [2.24, 2.45) is 0 Å². The molecule has 0 saturated heterocycles. The monoisotopic (exact) mass is 402 g/mol. The normalized spacial score (nSPS) is 12.7. The van der Waals surface area contributed by atoms with E-state index in [1.165, 1.54) is 4.90 Å². The summed E-state index contributed by atoms with van der Waals surface area (Å²) in [6.45, 7) is 5.72. The molecule has 5 nitrogen and oxygen atoms in total. The molecule has 0 fully saturated rings. The SMILES string of the molecule is CC[C@@H](C)NC(=O)[C@H](C)N(Cc1ccccc1Cl)C(=O)COc1ccccc1. The van der Waals surface area contributed by atoms with Crippen molar-refractivity contribution in [1.29, 1.82) is 0 Å². The smallest absolute Gasteiger partial charge is 0.261 e. The van der Waals surface area contributed by atoms with Crippen molar-refractivity contribution in [3.8, 4) is 5.75 Å². The largest absolute Gasteiger partial charge is 0.484 e. The van der Waals surface area contributed by atoms with Crippen LogP contribution in [0.1, 0.15) is 32.8 Å². The lowest BCUT2D eigenvalue weighted by Gasteiger charge is -2.29. The lowest BCUT2D eigenvalue weighted by Crippen LogP contribution is -2.50. The Morgan fingerprint density at radius 3 is 2.36 bits per heavy atom. The fourth-order valence-corrected chi connectivity index (χ4v) is 2.80. The molecule has 2 aromatic rings. The van der Waals surface area contributed by atoms with Crippen LogP contribution in [0.15, 0.2) is 54.6 Å². The number of carbonyl (C=O) groups excluding carboxylic acids is 2. The first kappa shape index (κ1) is 21.8. The second-order valence-electron chi connectivity index (χ2n) is 6.71. The van der Waals surface area contributed by atoms with E-state index in [1.807, 2.05) is 50.2 Å². The van der Waals surface area contributed by atoms with Gasteiger partial charge in [-0.1, -0.05) is 54.9 Å². The van der Waals surface area contributed by atoms with E-state index in [-0.39, 0.29) is 31.0 Å². The number of benzene rings is 2. The maximum atomic E-state index is 12.9. The third kappa shape index (κ3) is 6.27. The summed E-state index contributed by atoms with van der Waals surface area (Å²) >= 11 is 6.27. The molecule has 0 unspecified atom stereocenters. The molecule has 28 heavy (non-hydrogen) atoms. The minimum Gasteiger partial charge on any atom is -0.484 e. The minimum absolute atomic E-state index is 0.0350. The molecule has 0 spiro atoms. The summed E-state index contributed by atoms with van der Waals surface area (Å²) in [4.78, 5) is 27.0. The van der Waals surface area contributed by atoms with Gasteiger partial charge in [-0.3, -0.25) is 9.59 Å². The van der Waals surface area contributed by atoms with Crippen LogP contribution in [0.2, 0.25) is 5.02 Å². The molecule has 2 amide bonds. The zero-order valence-electron chi connectivity index (χ0n) is 16.5. The second-order valence-corrected chi connectivity index (χ2v) is 7.12. The molecule has 1 N–H and O–H groups in total. The van der Waals surface area contributed by atoms with Crippen LogP contribution in [0, 0.1) is 0 Å². The minimum atomic E-state index is -0.655. The average Bonchev–Trinajstić information content (AvgIpc) is 2.71. The highest BCUT2D eigenvalue weighted by atomic mass is 35.5. The first-order valence-electron chi connectivity index (χ1n) is 9.43. The summed E-state index contributed by atoms with van der Waals surface area (Å²) < 4.78 is 5.59. The highest BCUT2D eigenvalue weighted by Gasteiger charge is 2.27. The van der Waals surface area contributed by atoms with Crippen LogP contribution in [0.3, 0.4) is 0 Å². The Kier molecular flexibility index (Phi) is 8.33. The molecule has 2 aromatic carbocycles. The predicted molar refractivity (Wildman–Crippen MR) is 111 cm³/mol. The van der Waals surface area contributed by atoms with Crippen LogP contribution in [0.25, 0.3) is 0 Å². The van der Waals surface area contributed by atoms with Gasteiger partial charge in [0.2, 0.25) is 5.91 Å². The fourth-order valence-electron chi connectivity index (χ4n) is 2.60. The van der Waals surface area contributed by atoms with Crippen LogP contribution in [0.4, 0.5) is 0 Å². The Morgan fingerprint density at radius 1 is 1.07 bits per heavy atom. The fraction of sp³-hybridized carbons (Fsp3) is 0.364. The molecule has 0 bridgehead atoms. The van der Waals surface area contributed by atoms with Gasteiger partial charge in [0.15, 0.2) is 6.61 Å². The van der Waals surface area contributed by atoms with Gasteiger partial charge in [-0.2, -0.15) is 0 Å². The quantitative estimate of drug-likeness (QED) is 0.688. The highest BCUT2D eigenvalue weighted by molar-refractivity contribution is 6.31. The van der Waals surface area contributed by atoms with Crippen LogP contribution in [0.5, 0.6) is 5.75 Å². The van der Waals surface area contributed by atoms with Crippen molar-refractivity contribution in [2.75, 3.05) is 6.61 Å². The van der Waals surface area contributed by atoms with Gasteiger partial charge in [0.25, 0.3) is 5.91 Å². The molecule has 6 heteroatoms. The van der Waals surface area contributed by atoms with Crippen molar-refractivity contribution in [2.45, 2.75) is 45.8 Å². The van der Waals surface area contributed by atoms with Crippen molar-refractivity contribution in [1.82, 2.24) is 10.2 Å². The lowest BCUT2D eigenvalue weighted by atomic mass is 10.1. The van der Waals surface area contributed by atoms with Gasteiger partial charge in [0.1, 0.15) is 11.8 Å². The van der Waals surface area contributed by atoms with Gasteiger partial charge in [-0.05, 0) is 44.0 Å². The van der Waals surface area contributed by atoms with E-state index in [4.69, 9.17) is 16.3 Å². The molecule has 150 valence electrons. The first-order valence-corrected chi connectivity index (χ1v) is 9.81. The van der Waals surface area contributed by atoms with Crippen molar-refractivity contribution in [3.63, 3.8) is 0 Å². The number of halogens is 1. The number of rotatable bonds is 9. The average molecular weight is 403 g/mol. The molecule has 0 aliphatic carbocycles. The van der Waals surface area contributed by atoms with Gasteiger partial charge in [-0.25, -0.2) is 0 Å². The van der Waals surface area contributed by atoms with Crippen LogP contribution in [-0.2, 0) is 16.1 Å². The van der Waals surface area contributed by atoms with Crippen molar-refractivity contribution in [3.05, 3.63) is 65.2 Å². The van der Waals surface area contributed by atoms with E-state index in [1.54, 1.807) is 25.1 Å². The lowest BCUT2D eigenvalue weighted by molar-refractivity contribution is -0.142. The predicted octanol–water partition coefficient (Wildman–Crippen LogP) is 4.05. The molecule has 2 atom stereocenters. The molecular formula is C22H27ClN2O3. The van der Waals surface area contributed by atoms with E-state index in [2.05, 4.69) is 5.32 Å². The molecule has 0 heterocycles. The van der Waals surface area contributed by atoms with Gasteiger partial charge >= 0.3 is 0 Å². The Bertz CT molecular complexity index is 782. The van der Waals surface area contributed by atoms with E-state index >= 15 is 0 Å². The zero-order valence-corrected chi connectivity index (χ0v) is 17.3. The summed E-state index contributed by atoms with van der Waals surface area (Å²) in [5, 5.41) is 3.49. The van der Waals surface area contributed by atoms with Gasteiger partial charge < -0.3 is 15.0 Å². The maximum Gasteiger partial charge on any atom is 0.261 e. The number of para-hydroxylation sites is 1. The molecule has 0 aliphatic rings. The summed E-state index contributed by atoms with van der Waals surface area (Å²) in [5.74, 6) is 0.121. The molecule has 0 aliphatic heterocycles. The zero-order chi connectivity index (χ0) is 20.5. The van der Waals surface area contributed by atoms with Crippen LogP contribution in [-0.4, -0.2) is 35.4 Å². The number of ether oxygens (including phenoxy) is 1. The third-order valence-corrected chi connectivity index (χ3v) is 4.94. The van der Waals surface area contributed by atoms with Crippen LogP contribution < -0.4 is 10.1 Å². The molecule has 0 aromatic heterocycles. The van der Waals surface area contributed by atoms with E-state index < -0.39 is 6.04 Å². The number of amides is 2. The third-order valence-electron chi connectivity index (χ3n) is 4.57. The summed E-state index contributed by atoms with van der Waals surface area (Å²) in [5.41, 5.74) is 0.778. The topological polar surface area (TPSA) is 58.6 Å². The number of nitrogens with zero attached hydrogens (tertiary/aromatic N) is 1. The van der Waals surface area contributed by atoms with Gasteiger partial charge in [-0.15, -0.1) is 0 Å². The molecule has 0 radical (unpaired) electrons. The summed E-state index contributed by atoms with van der Waals surface area (Å²) in [6.07, 6.45) is 0.814. The summed E-state index contributed by atoms with van der Waals surface area (Å²) in [7, 11) is 0. The summed E-state index contributed by atoms with van der Waals surface area (Å²) in [6, 6.07) is 15.8. The number of nitrogens with one attached hydrogen (secondary N) is 1. The van der Waals surface area contributed by atoms with E-state index in [0.29, 0.717) is 10.8 Å². The molecule has 2 rings (SSSR count). The molecular weight excluding hydrogens is 376 g/mol. The van der Waals surface area contributed by atoms with Gasteiger partial charge in [0.05, 0.1) is 0 Å². The standard InChI is InChI=1S/C22H27ClN2O3/c1-4-16(2)24-22(27)17(3)25(14-18-10-8-9-13-20(18)23)21(26)15-28-19-11-6-5-7-12-19/h5-13,16-17H,4,14-15H2,1-3H3,(H,24,27)/t16-,17+/m1/s1. The first-order chi connectivity index (χ1) is 13.4. The Labute approximate surface area is 171 Å². The van der Waals surface area contributed by atoms with Crippen molar-refractivity contribution < 1.29 is 14.3 Å². The maximum absolute atomic E-state index is 12.9. The number of carbonyl (C=O) groups is 2. The Balaban J connectivity index is 2.15. The number of hydrogen-bond acceptors (Lipinski definition) is 3. The highest BCUT2D eigenvalue weighted by Crippen LogP contribution is 2.19. The van der Waals surface area contributed by atoms with E-state index in [0.717, 1.165) is 12.0 Å². The molecule has 0 saturated carbocycles. The van der Waals surface area contributed by atoms with Gasteiger partial charge in [0, 0.05) is 17.6 Å². The Hall–Kier alpha value is -2.53. The second kappa shape index (κ2) is 10.7. The number of hydrogen-bond donors (Lipinski definition) is 1. The van der Waals surface area contributed by atoms with E-state index in [9.17, 15) is 9.59 Å². The van der Waals surface area contributed by atoms with Crippen LogP contribution >= 0.6 is 11.6 Å². The Morgan fingerprint density at radius 2 is 1.71 bits per heavy atom.